The molecule has 2 rings (SSSR count). The Morgan fingerprint density at radius 1 is 1.10 bits per heavy atom. The monoisotopic (exact) mass is 318 g/mol. The summed E-state index contributed by atoms with van der Waals surface area (Å²) >= 11 is 0. The van der Waals surface area contributed by atoms with Crippen molar-refractivity contribution >= 4 is 24.3 Å². The summed E-state index contributed by atoms with van der Waals surface area (Å²) in [7, 11) is 0. The minimum Gasteiger partial charge on any atom is -0.339 e. The van der Waals surface area contributed by atoms with Gasteiger partial charge in [0.05, 0.1) is 5.41 Å². The highest BCUT2D eigenvalue weighted by atomic mass is 35.5. The van der Waals surface area contributed by atoms with Crippen molar-refractivity contribution < 1.29 is 9.59 Å². The van der Waals surface area contributed by atoms with Gasteiger partial charge in [0, 0.05) is 39.3 Å². The predicted octanol–water partition coefficient (Wildman–Crippen LogP) is 0.801. The number of piperazine rings is 1. The fraction of sp³-hybridized carbons (Fsp3) is 0.857. The minimum absolute atomic E-state index is 0. The van der Waals surface area contributed by atoms with E-state index >= 15 is 0 Å². The maximum absolute atomic E-state index is 12.7. The van der Waals surface area contributed by atoms with Gasteiger partial charge in [-0.05, 0) is 19.8 Å². The largest absolute Gasteiger partial charge is 0.339 e. The Bertz CT molecular complexity index is 364. The summed E-state index contributed by atoms with van der Waals surface area (Å²) < 4.78 is 0. The molecule has 6 nitrogen and oxygen atoms in total. The van der Waals surface area contributed by atoms with Gasteiger partial charge >= 0.3 is 6.03 Å². The summed E-state index contributed by atoms with van der Waals surface area (Å²) in [5, 5.41) is 2.80. The number of amides is 3. The van der Waals surface area contributed by atoms with Gasteiger partial charge in [-0.2, -0.15) is 0 Å². The molecule has 122 valence electrons. The van der Waals surface area contributed by atoms with Gasteiger partial charge in [0.1, 0.15) is 0 Å². The van der Waals surface area contributed by atoms with Gasteiger partial charge in [-0.15, -0.1) is 12.4 Å². The number of rotatable bonds is 3. The molecule has 2 aliphatic rings. The standard InChI is InChI=1S/C14H26N4O2.ClH/c1-2-16-13(20)18-9-7-17(8-10-18)12(19)14(11-15)5-3-4-6-14;/h2-11,15H2,1H3,(H,16,20);1H. The van der Waals surface area contributed by atoms with Crippen LogP contribution in [-0.2, 0) is 4.79 Å². The smallest absolute Gasteiger partial charge is 0.317 e. The zero-order chi connectivity index (χ0) is 14.6. The molecule has 1 saturated carbocycles. The number of hydrogen-bond donors (Lipinski definition) is 2. The van der Waals surface area contributed by atoms with E-state index in [9.17, 15) is 9.59 Å². The van der Waals surface area contributed by atoms with Gasteiger partial charge in [-0.1, -0.05) is 12.8 Å². The van der Waals surface area contributed by atoms with Crippen LogP contribution in [0.4, 0.5) is 4.79 Å². The molecule has 0 aromatic carbocycles. The summed E-state index contributed by atoms with van der Waals surface area (Å²) in [6, 6.07) is -0.0333. The maximum Gasteiger partial charge on any atom is 0.317 e. The lowest BCUT2D eigenvalue weighted by Crippen LogP contribution is -2.56. The predicted molar refractivity (Wildman–Crippen MR) is 84.4 cm³/mol. The van der Waals surface area contributed by atoms with Crippen molar-refractivity contribution in [2.45, 2.75) is 32.6 Å². The third kappa shape index (κ3) is 3.80. The van der Waals surface area contributed by atoms with Crippen LogP contribution in [0.2, 0.25) is 0 Å². The van der Waals surface area contributed by atoms with Crippen LogP contribution in [0.25, 0.3) is 0 Å². The third-order valence-corrected chi connectivity index (χ3v) is 4.59. The third-order valence-electron chi connectivity index (χ3n) is 4.59. The Hall–Kier alpha value is -1.01. The molecular formula is C14H27ClN4O2. The van der Waals surface area contributed by atoms with Crippen molar-refractivity contribution in [1.82, 2.24) is 15.1 Å². The molecule has 3 amide bonds. The lowest BCUT2D eigenvalue weighted by molar-refractivity contribution is -0.142. The second-order valence-corrected chi connectivity index (χ2v) is 5.81. The van der Waals surface area contributed by atoms with Gasteiger partial charge in [0.25, 0.3) is 0 Å². The van der Waals surface area contributed by atoms with E-state index in [1.54, 1.807) is 4.90 Å². The van der Waals surface area contributed by atoms with Crippen LogP contribution in [-0.4, -0.2) is 61.0 Å². The highest BCUT2D eigenvalue weighted by molar-refractivity contribution is 5.85. The molecule has 0 aromatic heterocycles. The first-order chi connectivity index (χ1) is 9.63. The second kappa shape index (κ2) is 7.84. The first kappa shape index (κ1) is 18.0. The fourth-order valence-corrected chi connectivity index (χ4v) is 3.27. The Kier molecular flexibility index (Phi) is 6.74. The SMILES string of the molecule is CCNC(=O)N1CCN(C(=O)C2(CN)CCCC2)CC1.Cl. The molecule has 21 heavy (non-hydrogen) atoms. The van der Waals surface area contributed by atoms with E-state index in [2.05, 4.69) is 5.32 Å². The number of halogens is 1. The van der Waals surface area contributed by atoms with Crippen molar-refractivity contribution in [3.8, 4) is 0 Å². The lowest BCUT2D eigenvalue weighted by atomic mass is 9.84. The van der Waals surface area contributed by atoms with Crippen LogP contribution in [0.15, 0.2) is 0 Å². The van der Waals surface area contributed by atoms with Crippen molar-refractivity contribution in [1.29, 1.82) is 0 Å². The molecule has 1 heterocycles. The van der Waals surface area contributed by atoms with E-state index in [4.69, 9.17) is 5.73 Å². The number of nitrogens with zero attached hydrogens (tertiary/aromatic N) is 2. The number of nitrogens with two attached hydrogens (primary N) is 1. The molecule has 7 heteroatoms. The Morgan fingerprint density at radius 2 is 1.62 bits per heavy atom. The van der Waals surface area contributed by atoms with Crippen LogP contribution in [0, 0.1) is 5.41 Å². The van der Waals surface area contributed by atoms with E-state index in [1.807, 2.05) is 11.8 Å². The molecule has 0 aromatic rings. The van der Waals surface area contributed by atoms with Gasteiger partial charge in [0.2, 0.25) is 5.91 Å². The van der Waals surface area contributed by atoms with Crippen molar-refractivity contribution in [2.75, 3.05) is 39.3 Å². The molecule has 0 atom stereocenters. The highest BCUT2D eigenvalue weighted by Crippen LogP contribution is 2.38. The molecule has 0 radical (unpaired) electrons. The summed E-state index contributed by atoms with van der Waals surface area (Å²) in [6.07, 6.45) is 4.03. The summed E-state index contributed by atoms with van der Waals surface area (Å²) in [5.74, 6) is 0.202. The first-order valence-corrected chi connectivity index (χ1v) is 7.65. The average Bonchev–Trinajstić information content (AvgIpc) is 2.97. The number of urea groups is 1. The molecule has 0 bridgehead atoms. The van der Waals surface area contributed by atoms with Gasteiger partial charge in [-0.25, -0.2) is 4.79 Å². The molecule has 0 unspecified atom stereocenters. The van der Waals surface area contributed by atoms with Crippen LogP contribution >= 0.6 is 12.4 Å². The summed E-state index contributed by atoms with van der Waals surface area (Å²) in [6.45, 7) is 5.45. The van der Waals surface area contributed by atoms with Gasteiger partial charge in [-0.3, -0.25) is 4.79 Å². The number of hydrogen-bond acceptors (Lipinski definition) is 3. The Balaban J connectivity index is 0.00000220. The van der Waals surface area contributed by atoms with E-state index in [1.165, 1.54) is 0 Å². The molecule has 3 N–H and O–H groups in total. The summed E-state index contributed by atoms with van der Waals surface area (Å²) in [4.78, 5) is 28.1. The fourth-order valence-electron chi connectivity index (χ4n) is 3.27. The summed E-state index contributed by atoms with van der Waals surface area (Å²) in [5.41, 5.74) is 5.54. The van der Waals surface area contributed by atoms with Gasteiger partial charge < -0.3 is 20.9 Å². The van der Waals surface area contributed by atoms with Crippen LogP contribution < -0.4 is 11.1 Å². The van der Waals surface area contributed by atoms with E-state index in [0.29, 0.717) is 39.3 Å². The number of carbonyl (C=O) groups excluding carboxylic acids is 2. The minimum atomic E-state index is -0.326. The van der Waals surface area contributed by atoms with Gasteiger partial charge in [0.15, 0.2) is 0 Å². The number of carbonyl (C=O) groups is 2. The van der Waals surface area contributed by atoms with E-state index in [-0.39, 0.29) is 29.8 Å². The van der Waals surface area contributed by atoms with E-state index < -0.39 is 0 Å². The van der Waals surface area contributed by atoms with Crippen LogP contribution in [0.5, 0.6) is 0 Å². The lowest BCUT2D eigenvalue weighted by Gasteiger charge is -2.39. The number of nitrogens with one attached hydrogen (secondary N) is 1. The zero-order valence-electron chi connectivity index (χ0n) is 12.8. The van der Waals surface area contributed by atoms with Crippen molar-refractivity contribution in [2.24, 2.45) is 11.1 Å². The zero-order valence-corrected chi connectivity index (χ0v) is 13.6. The molecule has 2 fully saturated rings. The van der Waals surface area contributed by atoms with Crippen molar-refractivity contribution in [3.63, 3.8) is 0 Å². The van der Waals surface area contributed by atoms with Crippen molar-refractivity contribution in [3.05, 3.63) is 0 Å². The second-order valence-electron chi connectivity index (χ2n) is 5.81. The Morgan fingerprint density at radius 3 is 2.10 bits per heavy atom. The molecule has 1 aliphatic carbocycles. The molecule has 1 saturated heterocycles. The topological polar surface area (TPSA) is 78.7 Å². The molecular weight excluding hydrogens is 292 g/mol. The Labute approximate surface area is 132 Å². The quantitative estimate of drug-likeness (QED) is 0.808. The van der Waals surface area contributed by atoms with Crippen LogP contribution in [0.3, 0.4) is 0 Å². The molecule has 0 spiro atoms. The molecule has 1 aliphatic heterocycles. The highest BCUT2D eigenvalue weighted by Gasteiger charge is 2.43. The maximum atomic E-state index is 12.7. The van der Waals surface area contributed by atoms with Crippen LogP contribution in [0.1, 0.15) is 32.6 Å². The first-order valence-electron chi connectivity index (χ1n) is 7.65. The average molecular weight is 319 g/mol. The normalized spacial score (nSPS) is 20.9. The van der Waals surface area contributed by atoms with E-state index in [0.717, 1.165) is 25.7 Å².